The number of hydrogen-bond acceptors (Lipinski definition) is 4. The molecule has 0 radical (unpaired) electrons. The molecule has 5 nitrogen and oxygen atoms in total. The fourth-order valence-electron chi connectivity index (χ4n) is 10.8. The second-order valence-corrected chi connectivity index (χ2v) is 18.0. The molecule has 0 saturated heterocycles. The zero-order valence-corrected chi connectivity index (χ0v) is 37.1. The number of hydrogen-bond donors (Lipinski definition) is 0. The maximum atomic E-state index is 6.46. The summed E-state index contributed by atoms with van der Waals surface area (Å²) in [5.41, 5.74) is 17.0. The molecule has 0 spiro atoms. The monoisotopic (exact) mass is 860 g/mol. The maximum absolute atomic E-state index is 6.46. The van der Waals surface area contributed by atoms with Crippen LogP contribution in [0.5, 0.6) is 0 Å². The standard InChI is InChI=1S/C62H44N4O/c1-62(2)53-32-17-15-31-50(53)58-55(40-52-49(59(58)62)35-36-54-60(52)66(44-26-13-6-14-27-44)61(63-54)41-20-7-3-8-21-41)65(47-34-37-57-51(39-47)48-30-16-18-33-56(48)67-57)46-29-19-28-45(38-46)64(42-22-9-4-10-23-42)43-24-11-5-12-25-43/h3-40H,1-2H3. The topological polar surface area (TPSA) is 37.4 Å². The van der Waals surface area contributed by atoms with Crippen molar-refractivity contribution in [2.24, 2.45) is 0 Å². The number of nitrogens with zero attached hydrogens (tertiary/aromatic N) is 4. The molecule has 0 saturated carbocycles. The van der Waals surface area contributed by atoms with Gasteiger partial charge in [0.25, 0.3) is 0 Å². The van der Waals surface area contributed by atoms with Crippen molar-refractivity contribution in [2.45, 2.75) is 19.3 Å². The Bertz CT molecular complexity index is 3800. The normalized spacial score (nSPS) is 12.7. The summed E-state index contributed by atoms with van der Waals surface area (Å²) in [5.74, 6) is 0.905. The van der Waals surface area contributed by atoms with Gasteiger partial charge >= 0.3 is 0 Å². The molecule has 5 heteroatoms. The van der Waals surface area contributed by atoms with Gasteiger partial charge in [0.05, 0.1) is 16.7 Å². The second kappa shape index (κ2) is 15.2. The highest BCUT2D eigenvalue weighted by Gasteiger charge is 2.40. The number of benzene rings is 10. The summed E-state index contributed by atoms with van der Waals surface area (Å²) in [6.45, 7) is 4.78. The molecule has 0 N–H and O–H groups in total. The average molecular weight is 861 g/mol. The summed E-state index contributed by atoms with van der Waals surface area (Å²) in [7, 11) is 0. The van der Waals surface area contributed by atoms with Gasteiger partial charge in [-0.15, -0.1) is 0 Å². The predicted octanol–water partition coefficient (Wildman–Crippen LogP) is 17.0. The Morgan fingerprint density at radius 1 is 0.448 bits per heavy atom. The Balaban J connectivity index is 1.16. The Hall–Kier alpha value is -8.67. The number of anilines is 6. The average Bonchev–Trinajstić information content (AvgIpc) is 4.04. The molecule has 1 aliphatic rings. The quantitative estimate of drug-likeness (QED) is 0.153. The van der Waals surface area contributed by atoms with Crippen molar-refractivity contribution >= 4 is 77.9 Å². The largest absolute Gasteiger partial charge is 0.456 e. The van der Waals surface area contributed by atoms with Gasteiger partial charge in [-0.2, -0.15) is 0 Å². The first-order valence-electron chi connectivity index (χ1n) is 23.0. The van der Waals surface area contributed by atoms with Crippen molar-refractivity contribution in [1.29, 1.82) is 0 Å². The number of rotatable bonds is 8. The SMILES string of the molecule is CC1(C)c2ccccc2-c2c(N(c3cccc(N(c4ccccc4)c4ccccc4)c3)c3ccc4oc5ccccc5c4c3)cc3c(ccc4nc(-c5ccccc5)n(-c5ccccc5)c43)c21. The maximum Gasteiger partial charge on any atom is 0.145 e. The second-order valence-electron chi connectivity index (χ2n) is 18.0. The van der Waals surface area contributed by atoms with Crippen LogP contribution in [0, 0.1) is 0 Å². The highest BCUT2D eigenvalue weighted by molar-refractivity contribution is 6.15. The van der Waals surface area contributed by atoms with E-state index in [4.69, 9.17) is 9.40 Å². The van der Waals surface area contributed by atoms with Crippen LogP contribution in [0.2, 0.25) is 0 Å². The van der Waals surface area contributed by atoms with E-state index in [9.17, 15) is 0 Å². The molecule has 0 fully saturated rings. The van der Waals surface area contributed by atoms with Crippen LogP contribution in [0.1, 0.15) is 25.0 Å². The minimum Gasteiger partial charge on any atom is -0.456 e. The van der Waals surface area contributed by atoms with Crippen molar-refractivity contribution < 1.29 is 4.42 Å². The summed E-state index contributed by atoms with van der Waals surface area (Å²) in [6.07, 6.45) is 0. The van der Waals surface area contributed by atoms with E-state index in [0.717, 1.165) is 89.6 Å². The van der Waals surface area contributed by atoms with Crippen LogP contribution < -0.4 is 9.80 Å². The number of imidazole rings is 1. The van der Waals surface area contributed by atoms with Crippen LogP contribution >= 0.6 is 0 Å². The first kappa shape index (κ1) is 38.8. The Labute approximate surface area is 389 Å². The lowest BCUT2D eigenvalue weighted by molar-refractivity contribution is 0.666. The van der Waals surface area contributed by atoms with Crippen LogP contribution in [-0.2, 0) is 5.41 Å². The van der Waals surface area contributed by atoms with Gasteiger partial charge in [0, 0.05) is 66.8 Å². The molecular weight excluding hydrogens is 817 g/mol. The number of furan rings is 1. The summed E-state index contributed by atoms with van der Waals surface area (Å²) < 4.78 is 8.83. The molecule has 67 heavy (non-hydrogen) atoms. The summed E-state index contributed by atoms with van der Waals surface area (Å²) in [6, 6.07) is 82.5. The molecule has 2 aromatic heterocycles. The van der Waals surface area contributed by atoms with E-state index in [1.165, 1.54) is 27.6 Å². The molecule has 1 aliphatic carbocycles. The van der Waals surface area contributed by atoms with Crippen molar-refractivity contribution in [3.05, 3.63) is 242 Å². The van der Waals surface area contributed by atoms with E-state index < -0.39 is 0 Å². The zero-order valence-electron chi connectivity index (χ0n) is 37.1. The van der Waals surface area contributed by atoms with Crippen LogP contribution in [-0.4, -0.2) is 9.55 Å². The van der Waals surface area contributed by atoms with Gasteiger partial charge in [0.1, 0.15) is 17.0 Å². The van der Waals surface area contributed by atoms with Crippen LogP contribution in [0.15, 0.2) is 235 Å². The van der Waals surface area contributed by atoms with E-state index in [1.807, 2.05) is 6.07 Å². The highest BCUT2D eigenvalue weighted by atomic mass is 16.3. The summed E-state index contributed by atoms with van der Waals surface area (Å²) in [4.78, 5) is 10.3. The van der Waals surface area contributed by atoms with Gasteiger partial charge in [-0.3, -0.25) is 4.57 Å². The van der Waals surface area contributed by atoms with Crippen molar-refractivity contribution in [3.63, 3.8) is 0 Å². The molecule has 0 atom stereocenters. The first-order chi connectivity index (χ1) is 33.0. The lowest BCUT2D eigenvalue weighted by Gasteiger charge is -2.32. The Morgan fingerprint density at radius 2 is 1.04 bits per heavy atom. The molecule has 0 bridgehead atoms. The van der Waals surface area contributed by atoms with Crippen molar-refractivity contribution in [1.82, 2.24) is 9.55 Å². The lowest BCUT2D eigenvalue weighted by atomic mass is 9.80. The third-order valence-corrected chi connectivity index (χ3v) is 13.7. The van der Waals surface area contributed by atoms with E-state index >= 15 is 0 Å². The molecule has 10 aromatic carbocycles. The van der Waals surface area contributed by atoms with Crippen LogP contribution in [0.4, 0.5) is 34.1 Å². The molecule has 13 rings (SSSR count). The minimum absolute atomic E-state index is 0.330. The number of para-hydroxylation sites is 4. The Kier molecular flexibility index (Phi) is 8.80. The van der Waals surface area contributed by atoms with Crippen molar-refractivity contribution in [2.75, 3.05) is 9.80 Å². The first-order valence-corrected chi connectivity index (χ1v) is 23.0. The molecule has 0 amide bonds. The number of aromatic nitrogens is 2. The third kappa shape index (κ3) is 6.12. The van der Waals surface area contributed by atoms with E-state index in [-0.39, 0.29) is 5.41 Å². The van der Waals surface area contributed by atoms with E-state index in [1.54, 1.807) is 0 Å². The summed E-state index contributed by atoms with van der Waals surface area (Å²) >= 11 is 0. The van der Waals surface area contributed by atoms with Crippen molar-refractivity contribution in [3.8, 4) is 28.2 Å². The number of fused-ring (bicyclic) bond motifs is 10. The fraction of sp³-hybridized carbons (Fsp3) is 0.0484. The smallest absolute Gasteiger partial charge is 0.145 e. The van der Waals surface area contributed by atoms with E-state index in [2.05, 4.69) is 253 Å². The van der Waals surface area contributed by atoms with Gasteiger partial charge in [-0.05, 0) is 113 Å². The van der Waals surface area contributed by atoms with E-state index in [0.29, 0.717) is 0 Å². The van der Waals surface area contributed by atoms with Gasteiger partial charge in [-0.25, -0.2) is 4.98 Å². The molecule has 0 aliphatic heterocycles. The molecule has 2 heterocycles. The Morgan fingerprint density at radius 3 is 1.79 bits per heavy atom. The van der Waals surface area contributed by atoms with Gasteiger partial charge < -0.3 is 14.2 Å². The highest BCUT2D eigenvalue weighted by Crippen LogP contribution is 2.58. The third-order valence-electron chi connectivity index (χ3n) is 13.7. The van der Waals surface area contributed by atoms with Gasteiger partial charge in [-0.1, -0.05) is 153 Å². The minimum atomic E-state index is -0.330. The molecule has 0 unspecified atom stereocenters. The fourth-order valence-corrected chi connectivity index (χ4v) is 10.8. The van der Waals surface area contributed by atoms with Crippen LogP contribution in [0.25, 0.3) is 71.9 Å². The van der Waals surface area contributed by atoms with Gasteiger partial charge in [0.15, 0.2) is 0 Å². The lowest BCUT2D eigenvalue weighted by Crippen LogP contribution is -2.17. The molecule has 318 valence electrons. The van der Waals surface area contributed by atoms with Gasteiger partial charge in [0.2, 0.25) is 0 Å². The predicted molar refractivity (Wildman–Crippen MR) is 278 cm³/mol. The van der Waals surface area contributed by atoms with Crippen LogP contribution in [0.3, 0.4) is 0 Å². The molecular formula is C62H44N4O. The summed E-state index contributed by atoms with van der Waals surface area (Å²) in [5, 5.41) is 4.51. The molecule has 12 aromatic rings. The zero-order chi connectivity index (χ0) is 44.6.